The minimum atomic E-state index is -0.0446. The molecule has 0 unspecified atom stereocenters. The van der Waals surface area contributed by atoms with E-state index in [9.17, 15) is 4.79 Å². The van der Waals surface area contributed by atoms with E-state index >= 15 is 0 Å². The maximum atomic E-state index is 12.5. The number of ether oxygens (including phenoxy) is 2. The second kappa shape index (κ2) is 6.38. The van der Waals surface area contributed by atoms with Crippen molar-refractivity contribution in [2.75, 3.05) is 19.9 Å². The summed E-state index contributed by atoms with van der Waals surface area (Å²) in [5.41, 5.74) is 1.50. The van der Waals surface area contributed by atoms with E-state index in [2.05, 4.69) is 20.1 Å². The third-order valence-corrected chi connectivity index (χ3v) is 5.51. The van der Waals surface area contributed by atoms with Crippen molar-refractivity contribution in [2.24, 2.45) is 7.05 Å². The predicted molar refractivity (Wildman–Crippen MR) is 98.9 cm³/mol. The van der Waals surface area contributed by atoms with Crippen molar-refractivity contribution in [3.63, 3.8) is 0 Å². The normalized spacial score (nSPS) is 17.7. The number of nitrogens with zero attached hydrogens (tertiary/aromatic N) is 4. The molecule has 2 aliphatic heterocycles. The van der Waals surface area contributed by atoms with Gasteiger partial charge in [0, 0.05) is 36.5 Å². The van der Waals surface area contributed by atoms with Crippen molar-refractivity contribution < 1.29 is 9.47 Å². The summed E-state index contributed by atoms with van der Waals surface area (Å²) in [6.45, 7) is 2.75. The maximum absolute atomic E-state index is 12.5. The molecule has 2 aromatic heterocycles. The predicted octanol–water partition coefficient (Wildman–Crippen LogP) is 1.76. The fourth-order valence-electron chi connectivity index (χ4n) is 4.01. The lowest BCUT2D eigenvalue weighted by Crippen LogP contribution is -2.34. The molecule has 27 heavy (non-hydrogen) atoms. The second-order valence-corrected chi connectivity index (χ2v) is 7.27. The van der Waals surface area contributed by atoms with Crippen LogP contribution in [0.3, 0.4) is 0 Å². The number of likely N-dealkylation sites (tertiary alicyclic amines) is 1. The number of benzene rings is 1. The molecule has 8 nitrogen and oxygen atoms in total. The number of rotatable bonds is 3. The molecule has 0 radical (unpaired) electrons. The fraction of sp³-hybridized carbons (Fsp3) is 0.421. The first-order valence-electron chi connectivity index (χ1n) is 9.19. The summed E-state index contributed by atoms with van der Waals surface area (Å²) in [6.07, 6.45) is 3.80. The molecule has 1 aromatic carbocycles. The van der Waals surface area contributed by atoms with Gasteiger partial charge >= 0.3 is 0 Å². The summed E-state index contributed by atoms with van der Waals surface area (Å²) in [6, 6.07) is 5.72. The molecule has 140 valence electrons. The van der Waals surface area contributed by atoms with Gasteiger partial charge in [0.1, 0.15) is 12.2 Å². The Kier molecular flexibility index (Phi) is 3.86. The van der Waals surface area contributed by atoms with Gasteiger partial charge in [-0.05, 0) is 38.1 Å². The molecule has 0 bridgehead atoms. The number of aromatic amines is 1. The molecule has 5 rings (SSSR count). The van der Waals surface area contributed by atoms with Crippen LogP contribution in [0.2, 0.25) is 0 Å². The van der Waals surface area contributed by atoms with Crippen molar-refractivity contribution in [1.82, 2.24) is 24.6 Å². The number of aromatic nitrogens is 4. The Morgan fingerprint density at radius 3 is 2.70 bits per heavy atom. The molecule has 2 aliphatic rings. The third-order valence-electron chi connectivity index (χ3n) is 5.51. The smallest absolute Gasteiger partial charge is 0.252 e. The lowest BCUT2D eigenvalue weighted by atomic mass is 9.95. The number of aryl methyl sites for hydroxylation is 1. The largest absolute Gasteiger partial charge is 0.454 e. The Labute approximate surface area is 155 Å². The third kappa shape index (κ3) is 2.95. The summed E-state index contributed by atoms with van der Waals surface area (Å²) in [5, 5.41) is 9.19. The van der Waals surface area contributed by atoms with E-state index in [1.807, 2.05) is 29.8 Å². The molecular weight excluding hydrogens is 346 g/mol. The summed E-state index contributed by atoms with van der Waals surface area (Å²) in [5.74, 6) is 2.89. The lowest BCUT2D eigenvalue weighted by molar-refractivity contribution is 0.174. The Morgan fingerprint density at radius 2 is 1.96 bits per heavy atom. The Morgan fingerprint density at radius 1 is 1.19 bits per heavy atom. The van der Waals surface area contributed by atoms with Crippen LogP contribution in [0.5, 0.6) is 11.5 Å². The zero-order valence-electron chi connectivity index (χ0n) is 15.1. The van der Waals surface area contributed by atoms with Crippen LogP contribution in [-0.4, -0.2) is 44.5 Å². The van der Waals surface area contributed by atoms with Crippen molar-refractivity contribution in [1.29, 1.82) is 0 Å². The first-order chi connectivity index (χ1) is 13.2. The number of fused-ring (bicyclic) bond motifs is 2. The van der Waals surface area contributed by atoms with Crippen LogP contribution in [-0.2, 0) is 13.6 Å². The van der Waals surface area contributed by atoms with Gasteiger partial charge in [-0.2, -0.15) is 0 Å². The Balaban J connectivity index is 1.33. The average molecular weight is 367 g/mol. The number of H-pyrrole nitrogens is 1. The zero-order chi connectivity index (χ0) is 18.4. The Bertz CT molecular complexity index is 1050. The molecule has 8 heteroatoms. The first-order valence-corrected chi connectivity index (χ1v) is 9.19. The van der Waals surface area contributed by atoms with E-state index in [-0.39, 0.29) is 12.4 Å². The number of hydrogen-bond donors (Lipinski definition) is 1. The van der Waals surface area contributed by atoms with Crippen LogP contribution in [0.1, 0.15) is 30.1 Å². The second-order valence-electron chi connectivity index (χ2n) is 7.27. The molecule has 0 aliphatic carbocycles. The van der Waals surface area contributed by atoms with Gasteiger partial charge in [0.2, 0.25) is 6.79 Å². The van der Waals surface area contributed by atoms with Crippen molar-refractivity contribution in [2.45, 2.75) is 25.3 Å². The van der Waals surface area contributed by atoms with Crippen molar-refractivity contribution >= 4 is 10.9 Å². The molecule has 1 N–H and O–H groups in total. The van der Waals surface area contributed by atoms with E-state index < -0.39 is 0 Å². The number of hydrogen-bond acceptors (Lipinski definition) is 6. The van der Waals surface area contributed by atoms with Crippen molar-refractivity contribution in [3.8, 4) is 11.5 Å². The van der Waals surface area contributed by atoms with Gasteiger partial charge in [0.05, 0.1) is 5.52 Å². The minimum Gasteiger partial charge on any atom is -0.454 e. The van der Waals surface area contributed by atoms with Gasteiger partial charge < -0.3 is 19.0 Å². The average Bonchev–Trinajstić information content (AvgIpc) is 3.29. The maximum Gasteiger partial charge on any atom is 0.252 e. The van der Waals surface area contributed by atoms with Crippen LogP contribution in [0.25, 0.3) is 10.9 Å². The molecule has 0 atom stereocenters. The lowest BCUT2D eigenvalue weighted by Gasteiger charge is -2.31. The highest BCUT2D eigenvalue weighted by atomic mass is 16.7. The van der Waals surface area contributed by atoms with Gasteiger partial charge in [0.15, 0.2) is 11.5 Å². The summed E-state index contributed by atoms with van der Waals surface area (Å²) in [7, 11) is 1.99. The summed E-state index contributed by atoms with van der Waals surface area (Å²) < 4.78 is 12.8. The van der Waals surface area contributed by atoms with Crippen molar-refractivity contribution in [3.05, 3.63) is 46.3 Å². The minimum absolute atomic E-state index is 0.0446. The highest BCUT2D eigenvalue weighted by Gasteiger charge is 2.24. The number of nitrogens with one attached hydrogen (secondary N) is 1. The van der Waals surface area contributed by atoms with Crippen LogP contribution in [0, 0.1) is 0 Å². The van der Waals surface area contributed by atoms with E-state index in [0.29, 0.717) is 18.2 Å². The van der Waals surface area contributed by atoms with Gasteiger partial charge in [-0.3, -0.25) is 9.69 Å². The molecule has 4 heterocycles. The van der Waals surface area contributed by atoms with Crippen LogP contribution >= 0.6 is 0 Å². The van der Waals surface area contributed by atoms with Gasteiger partial charge in [-0.1, -0.05) is 0 Å². The number of pyridine rings is 1. The zero-order valence-corrected chi connectivity index (χ0v) is 15.1. The monoisotopic (exact) mass is 367 g/mol. The summed E-state index contributed by atoms with van der Waals surface area (Å²) in [4.78, 5) is 17.8. The van der Waals surface area contributed by atoms with E-state index in [4.69, 9.17) is 9.47 Å². The Hall–Kier alpha value is -2.87. The van der Waals surface area contributed by atoms with Crippen LogP contribution < -0.4 is 15.0 Å². The van der Waals surface area contributed by atoms with Crippen LogP contribution in [0.15, 0.2) is 29.3 Å². The van der Waals surface area contributed by atoms with E-state index in [1.54, 1.807) is 6.33 Å². The van der Waals surface area contributed by atoms with Gasteiger partial charge in [-0.25, -0.2) is 0 Å². The van der Waals surface area contributed by atoms with Crippen LogP contribution in [0.4, 0.5) is 0 Å². The highest BCUT2D eigenvalue weighted by Crippen LogP contribution is 2.35. The number of piperidine rings is 1. The molecule has 0 spiro atoms. The topological polar surface area (TPSA) is 85.3 Å². The molecule has 1 fully saturated rings. The van der Waals surface area contributed by atoms with E-state index in [1.165, 1.54) is 0 Å². The molecule has 0 saturated carbocycles. The first kappa shape index (κ1) is 16.3. The van der Waals surface area contributed by atoms with E-state index in [0.717, 1.165) is 54.0 Å². The highest BCUT2D eigenvalue weighted by molar-refractivity contribution is 5.83. The molecular formula is C19H21N5O3. The van der Waals surface area contributed by atoms with Gasteiger partial charge in [-0.15, -0.1) is 10.2 Å². The molecule has 1 saturated heterocycles. The summed E-state index contributed by atoms with van der Waals surface area (Å²) >= 11 is 0. The quantitative estimate of drug-likeness (QED) is 0.759. The SMILES string of the molecule is Cn1cnnc1C1CCN(Cc2cc3cc4c(cc3[nH]c2=O)OCO4)CC1. The molecule has 0 amide bonds. The van der Waals surface area contributed by atoms with Gasteiger partial charge in [0.25, 0.3) is 5.56 Å². The molecule has 3 aromatic rings. The standard InChI is InChI=1S/C19H21N5O3/c1-23-10-20-22-18(23)12-2-4-24(5-3-12)9-14-6-13-7-16-17(27-11-26-16)8-15(13)21-19(14)25/h6-8,10,12H,2-5,9,11H2,1H3,(H,21,25). The fourth-order valence-corrected chi connectivity index (χ4v) is 4.01.